The molecule has 0 unspecified atom stereocenters. The molecular weight excluding hydrogens is 204 g/mol. The van der Waals surface area contributed by atoms with Crippen molar-refractivity contribution in [3.8, 4) is 0 Å². The smallest absolute Gasteiger partial charge is 0.0519 e. The van der Waals surface area contributed by atoms with Gasteiger partial charge >= 0.3 is 0 Å². The molecule has 0 fully saturated rings. The summed E-state index contributed by atoms with van der Waals surface area (Å²) in [5.74, 6) is 0. The molecule has 16 heavy (non-hydrogen) atoms. The van der Waals surface area contributed by atoms with Crippen LogP contribution >= 0.6 is 0 Å². The highest BCUT2D eigenvalue weighted by molar-refractivity contribution is 5.13. The van der Waals surface area contributed by atoms with Gasteiger partial charge in [-0.3, -0.25) is 4.98 Å². The van der Waals surface area contributed by atoms with Crippen molar-refractivity contribution < 1.29 is 10.2 Å². The van der Waals surface area contributed by atoms with Gasteiger partial charge in [0.05, 0.1) is 13.2 Å². The Kier molecular flexibility index (Phi) is 4.86. The topological polar surface area (TPSA) is 65.4 Å². The lowest BCUT2D eigenvalue weighted by molar-refractivity contribution is 0.0677. The van der Waals surface area contributed by atoms with Crippen molar-refractivity contribution >= 4 is 0 Å². The van der Waals surface area contributed by atoms with E-state index < -0.39 is 5.41 Å². The van der Waals surface area contributed by atoms with Gasteiger partial charge < -0.3 is 15.5 Å². The van der Waals surface area contributed by atoms with E-state index in [0.29, 0.717) is 6.54 Å². The van der Waals surface area contributed by atoms with Crippen molar-refractivity contribution in [2.24, 2.45) is 5.41 Å². The minimum atomic E-state index is -0.471. The quantitative estimate of drug-likeness (QED) is 0.666. The summed E-state index contributed by atoms with van der Waals surface area (Å²) in [6.45, 7) is 4.41. The Hall–Kier alpha value is -0.970. The number of rotatable bonds is 6. The molecule has 0 aliphatic carbocycles. The second kappa shape index (κ2) is 5.94. The van der Waals surface area contributed by atoms with Gasteiger partial charge in [-0.25, -0.2) is 0 Å². The van der Waals surface area contributed by atoms with Crippen LogP contribution in [-0.4, -0.2) is 35.0 Å². The predicted molar refractivity (Wildman–Crippen MR) is 62.9 cm³/mol. The van der Waals surface area contributed by atoms with Crippen molar-refractivity contribution in [1.82, 2.24) is 10.3 Å². The predicted octanol–water partition coefficient (Wildman–Crippen LogP) is 0.723. The van der Waals surface area contributed by atoms with E-state index in [2.05, 4.69) is 10.3 Å². The molecule has 1 atom stereocenters. The molecule has 0 bridgehead atoms. The molecule has 4 heteroatoms. The summed E-state index contributed by atoms with van der Waals surface area (Å²) in [5.41, 5.74) is 0.676. The van der Waals surface area contributed by atoms with Crippen LogP contribution < -0.4 is 5.32 Å². The van der Waals surface area contributed by atoms with Gasteiger partial charge in [-0.05, 0) is 24.6 Å². The molecule has 0 aliphatic heterocycles. The molecular formula is C12H20N2O2. The SMILES string of the molecule is C[C@H](NCC(C)(CO)CO)c1ccncc1. The van der Waals surface area contributed by atoms with Gasteiger partial charge in [0.2, 0.25) is 0 Å². The number of aromatic nitrogens is 1. The first-order chi connectivity index (χ1) is 7.61. The van der Waals surface area contributed by atoms with E-state index in [4.69, 9.17) is 10.2 Å². The summed E-state index contributed by atoms with van der Waals surface area (Å²) >= 11 is 0. The second-order valence-corrected chi connectivity index (χ2v) is 4.51. The van der Waals surface area contributed by atoms with Gasteiger partial charge in [-0.1, -0.05) is 6.92 Å². The molecule has 0 aromatic carbocycles. The maximum absolute atomic E-state index is 9.16. The van der Waals surface area contributed by atoms with Crippen molar-refractivity contribution in [3.63, 3.8) is 0 Å². The Balaban J connectivity index is 2.50. The van der Waals surface area contributed by atoms with E-state index in [0.717, 1.165) is 5.56 Å². The molecule has 0 saturated heterocycles. The lowest BCUT2D eigenvalue weighted by Crippen LogP contribution is -2.38. The first-order valence-electron chi connectivity index (χ1n) is 5.46. The van der Waals surface area contributed by atoms with E-state index in [1.165, 1.54) is 0 Å². The second-order valence-electron chi connectivity index (χ2n) is 4.51. The largest absolute Gasteiger partial charge is 0.396 e. The molecule has 1 rings (SSSR count). The summed E-state index contributed by atoms with van der Waals surface area (Å²) in [6.07, 6.45) is 3.51. The van der Waals surface area contributed by atoms with Crippen LogP contribution in [0, 0.1) is 5.41 Å². The molecule has 0 spiro atoms. The normalized spacial score (nSPS) is 13.8. The lowest BCUT2D eigenvalue weighted by atomic mass is 9.92. The van der Waals surface area contributed by atoms with Crippen LogP contribution in [0.3, 0.4) is 0 Å². The number of hydrogen-bond donors (Lipinski definition) is 3. The Morgan fingerprint density at radius 2 is 1.88 bits per heavy atom. The zero-order chi connectivity index (χ0) is 12.0. The number of nitrogens with zero attached hydrogens (tertiary/aromatic N) is 1. The Morgan fingerprint density at radius 3 is 2.38 bits per heavy atom. The fraction of sp³-hybridized carbons (Fsp3) is 0.583. The van der Waals surface area contributed by atoms with Crippen LogP contribution in [0.4, 0.5) is 0 Å². The van der Waals surface area contributed by atoms with E-state index in [1.54, 1.807) is 12.4 Å². The summed E-state index contributed by atoms with van der Waals surface area (Å²) in [7, 11) is 0. The molecule has 0 radical (unpaired) electrons. The molecule has 90 valence electrons. The average Bonchev–Trinajstić information content (AvgIpc) is 2.36. The number of hydrogen-bond acceptors (Lipinski definition) is 4. The summed E-state index contributed by atoms with van der Waals surface area (Å²) in [5, 5.41) is 21.6. The van der Waals surface area contributed by atoms with Crippen LogP contribution in [0.15, 0.2) is 24.5 Å². The third-order valence-corrected chi connectivity index (χ3v) is 2.80. The van der Waals surface area contributed by atoms with Crippen LogP contribution in [0.5, 0.6) is 0 Å². The fourth-order valence-electron chi connectivity index (χ4n) is 1.33. The van der Waals surface area contributed by atoms with E-state index >= 15 is 0 Å². The van der Waals surface area contributed by atoms with Gasteiger partial charge in [-0.2, -0.15) is 0 Å². The monoisotopic (exact) mass is 224 g/mol. The summed E-state index contributed by atoms with van der Waals surface area (Å²) in [4.78, 5) is 3.96. The highest BCUT2D eigenvalue weighted by Crippen LogP contribution is 2.16. The molecule has 0 amide bonds. The Labute approximate surface area is 96.3 Å². The molecule has 4 nitrogen and oxygen atoms in total. The molecule has 1 aromatic heterocycles. The molecule has 0 aliphatic rings. The molecule has 1 aromatic rings. The summed E-state index contributed by atoms with van der Waals surface area (Å²) < 4.78 is 0. The Morgan fingerprint density at radius 1 is 1.31 bits per heavy atom. The van der Waals surface area contributed by atoms with Crippen LogP contribution in [0.25, 0.3) is 0 Å². The number of nitrogens with one attached hydrogen (secondary N) is 1. The zero-order valence-electron chi connectivity index (χ0n) is 9.85. The van der Waals surface area contributed by atoms with Crippen LogP contribution in [0.2, 0.25) is 0 Å². The number of aliphatic hydroxyl groups is 2. The first kappa shape index (κ1) is 13.1. The van der Waals surface area contributed by atoms with Crippen molar-refractivity contribution in [2.45, 2.75) is 19.9 Å². The molecule has 1 heterocycles. The lowest BCUT2D eigenvalue weighted by Gasteiger charge is -2.27. The third kappa shape index (κ3) is 3.56. The van der Waals surface area contributed by atoms with Crippen molar-refractivity contribution in [2.75, 3.05) is 19.8 Å². The first-order valence-corrected chi connectivity index (χ1v) is 5.46. The van der Waals surface area contributed by atoms with E-state index in [-0.39, 0.29) is 19.3 Å². The maximum atomic E-state index is 9.16. The minimum absolute atomic E-state index is 0.0282. The maximum Gasteiger partial charge on any atom is 0.0519 e. The van der Waals surface area contributed by atoms with Gasteiger partial charge in [-0.15, -0.1) is 0 Å². The van der Waals surface area contributed by atoms with Gasteiger partial charge in [0.1, 0.15) is 0 Å². The highest BCUT2D eigenvalue weighted by Gasteiger charge is 2.22. The highest BCUT2D eigenvalue weighted by atomic mass is 16.3. The minimum Gasteiger partial charge on any atom is -0.396 e. The summed E-state index contributed by atoms with van der Waals surface area (Å²) in [6, 6.07) is 4.08. The van der Waals surface area contributed by atoms with Crippen molar-refractivity contribution in [1.29, 1.82) is 0 Å². The zero-order valence-corrected chi connectivity index (χ0v) is 9.85. The van der Waals surface area contributed by atoms with Crippen LogP contribution in [0.1, 0.15) is 25.5 Å². The standard InChI is InChI=1S/C12H20N2O2/c1-10(11-3-5-13-6-4-11)14-7-12(2,8-15)9-16/h3-6,10,14-16H,7-9H2,1-2H3/t10-/m0/s1. The third-order valence-electron chi connectivity index (χ3n) is 2.80. The van der Waals surface area contributed by atoms with Gasteiger partial charge in [0, 0.05) is 30.4 Å². The fourth-order valence-corrected chi connectivity index (χ4v) is 1.33. The number of aliphatic hydroxyl groups excluding tert-OH is 2. The number of pyridine rings is 1. The van der Waals surface area contributed by atoms with Gasteiger partial charge in [0.15, 0.2) is 0 Å². The van der Waals surface area contributed by atoms with E-state index in [1.807, 2.05) is 26.0 Å². The Bertz CT molecular complexity index is 299. The van der Waals surface area contributed by atoms with Crippen molar-refractivity contribution in [3.05, 3.63) is 30.1 Å². The van der Waals surface area contributed by atoms with Gasteiger partial charge in [0.25, 0.3) is 0 Å². The van der Waals surface area contributed by atoms with Crippen LogP contribution in [-0.2, 0) is 0 Å². The molecule has 0 saturated carbocycles. The van der Waals surface area contributed by atoms with E-state index in [9.17, 15) is 0 Å². The average molecular weight is 224 g/mol. The molecule has 3 N–H and O–H groups in total.